The summed E-state index contributed by atoms with van der Waals surface area (Å²) in [5.74, 6) is 0.0126. The van der Waals surface area contributed by atoms with E-state index in [0.717, 1.165) is 86.1 Å². The molecule has 1 spiro atoms. The second-order valence-electron chi connectivity index (χ2n) is 12.2. The van der Waals surface area contributed by atoms with Gasteiger partial charge in [0.25, 0.3) is 5.91 Å². The zero-order valence-electron chi connectivity index (χ0n) is 24.4. The third kappa shape index (κ3) is 6.53. The fourth-order valence-corrected chi connectivity index (χ4v) is 7.08. The summed E-state index contributed by atoms with van der Waals surface area (Å²) in [6.45, 7) is 3.28. The molecule has 2 N–H and O–H groups in total. The van der Waals surface area contributed by atoms with E-state index in [0.29, 0.717) is 30.2 Å². The molecule has 0 radical (unpaired) electrons. The van der Waals surface area contributed by atoms with Crippen LogP contribution in [0.15, 0.2) is 66.7 Å². The number of halogens is 4. The number of piperidine rings is 2. The van der Waals surface area contributed by atoms with Gasteiger partial charge in [-0.3, -0.25) is 4.79 Å². The van der Waals surface area contributed by atoms with Crippen LogP contribution in [0.2, 0.25) is 5.02 Å². The maximum Gasteiger partial charge on any atom is 0.416 e. The van der Waals surface area contributed by atoms with Crippen molar-refractivity contribution in [2.75, 3.05) is 31.1 Å². The van der Waals surface area contributed by atoms with Crippen molar-refractivity contribution in [1.82, 2.24) is 15.5 Å². The van der Waals surface area contributed by atoms with Crippen molar-refractivity contribution in [1.29, 1.82) is 0 Å². The Hall–Kier alpha value is -3.72. The number of amides is 3. The van der Waals surface area contributed by atoms with Crippen LogP contribution in [0.5, 0.6) is 0 Å². The van der Waals surface area contributed by atoms with Crippen LogP contribution < -0.4 is 15.5 Å². The fraction of sp³-hybridized carbons (Fsp3) is 0.412. The number of hydrogen-bond acceptors (Lipinski definition) is 3. The van der Waals surface area contributed by atoms with E-state index in [1.807, 2.05) is 41.3 Å². The van der Waals surface area contributed by atoms with Crippen LogP contribution in [-0.4, -0.2) is 43.0 Å². The Morgan fingerprint density at radius 2 is 1.59 bits per heavy atom. The zero-order chi connectivity index (χ0) is 30.9. The molecule has 6 nitrogen and oxygen atoms in total. The number of carbonyl (C=O) groups excluding carboxylic acids is 2. The Bertz CT molecular complexity index is 1510. The Balaban J connectivity index is 1.01. The topological polar surface area (TPSA) is 64.7 Å². The van der Waals surface area contributed by atoms with E-state index in [4.69, 9.17) is 11.6 Å². The van der Waals surface area contributed by atoms with Crippen molar-refractivity contribution in [3.63, 3.8) is 0 Å². The minimum Gasteiger partial charge on any atom is -0.371 e. The maximum absolute atomic E-state index is 13.6. The third-order valence-corrected chi connectivity index (χ3v) is 10.0. The van der Waals surface area contributed by atoms with Gasteiger partial charge in [0.15, 0.2) is 0 Å². The molecule has 2 aliphatic heterocycles. The summed E-state index contributed by atoms with van der Waals surface area (Å²) < 4.78 is 38.8. The normalized spacial score (nSPS) is 19.5. The van der Waals surface area contributed by atoms with Gasteiger partial charge in [0.2, 0.25) is 0 Å². The molecule has 2 saturated heterocycles. The van der Waals surface area contributed by atoms with Crippen LogP contribution in [0.4, 0.5) is 23.7 Å². The number of nitrogens with zero attached hydrogens (tertiary/aromatic N) is 2. The molecule has 2 fully saturated rings. The van der Waals surface area contributed by atoms with E-state index in [2.05, 4.69) is 15.5 Å². The molecule has 0 aromatic heterocycles. The van der Waals surface area contributed by atoms with Gasteiger partial charge in [0, 0.05) is 49.0 Å². The molecule has 0 bridgehead atoms. The first-order chi connectivity index (χ1) is 21.1. The quantitative estimate of drug-likeness (QED) is 0.312. The highest BCUT2D eigenvalue weighted by atomic mass is 35.5. The van der Waals surface area contributed by atoms with Crippen molar-refractivity contribution >= 4 is 29.2 Å². The first-order valence-electron chi connectivity index (χ1n) is 15.2. The van der Waals surface area contributed by atoms with E-state index in [9.17, 15) is 22.8 Å². The predicted octanol–water partition coefficient (Wildman–Crippen LogP) is 7.37. The van der Waals surface area contributed by atoms with Crippen LogP contribution in [-0.2, 0) is 19.1 Å². The van der Waals surface area contributed by atoms with Crippen LogP contribution in [0.3, 0.4) is 0 Å². The molecule has 1 unspecified atom stereocenters. The molecule has 3 aromatic carbocycles. The highest BCUT2D eigenvalue weighted by Crippen LogP contribution is 2.43. The molecule has 2 heterocycles. The van der Waals surface area contributed by atoms with Gasteiger partial charge in [-0.05, 0) is 103 Å². The van der Waals surface area contributed by atoms with Gasteiger partial charge >= 0.3 is 12.2 Å². The van der Waals surface area contributed by atoms with Crippen LogP contribution in [0, 0.1) is 5.41 Å². The molecule has 10 heteroatoms. The van der Waals surface area contributed by atoms with Gasteiger partial charge < -0.3 is 20.4 Å². The number of fused-ring (bicyclic) bond motifs is 1. The van der Waals surface area contributed by atoms with Crippen LogP contribution >= 0.6 is 11.6 Å². The molecule has 3 aromatic rings. The standard InChI is InChI=1S/C34H36ClF3N4O2/c35-29-4-2-1-3-25(29)22-39-32(44)40-30-12-7-23-5-6-24(21-28(23)30)31(43)42-19-15-33(16-20-42)13-17-41(18-14-33)27-10-8-26(9-11-27)34(36,37)38/h1-6,8-11,21,30H,7,12-20,22H2,(H2,39,40,44). The van der Waals surface area contributed by atoms with Crippen molar-refractivity contribution in [3.05, 3.63) is 99.6 Å². The number of urea groups is 1. The molecule has 1 aliphatic carbocycles. The fourth-order valence-electron chi connectivity index (χ4n) is 6.88. The van der Waals surface area contributed by atoms with E-state index < -0.39 is 11.7 Å². The summed E-state index contributed by atoms with van der Waals surface area (Å²) in [5.41, 5.74) is 3.98. The van der Waals surface area contributed by atoms with Gasteiger partial charge in [-0.1, -0.05) is 35.9 Å². The van der Waals surface area contributed by atoms with Gasteiger partial charge in [0.05, 0.1) is 11.6 Å². The molecule has 0 saturated carbocycles. The number of alkyl halides is 3. The Morgan fingerprint density at radius 3 is 2.27 bits per heavy atom. The summed E-state index contributed by atoms with van der Waals surface area (Å²) in [6, 6.07) is 18.2. The average molecular weight is 625 g/mol. The van der Waals surface area contributed by atoms with Crippen LogP contribution in [0.1, 0.15) is 70.8 Å². The largest absolute Gasteiger partial charge is 0.416 e. The summed E-state index contributed by atoms with van der Waals surface area (Å²) in [6.07, 6.45) is 1.04. The number of benzene rings is 3. The number of hydrogen-bond donors (Lipinski definition) is 2. The van der Waals surface area contributed by atoms with E-state index in [1.54, 1.807) is 18.2 Å². The van der Waals surface area contributed by atoms with E-state index >= 15 is 0 Å². The van der Waals surface area contributed by atoms with Gasteiger partial charge in [-0.15, -0.1) is 0 Å². The number of carbonyl (C=O) groups is 2. The minimum atomic E-state index is -4.33. The van der Waals surface area contributed by atoms with Gasteiger partial charge in [0.1, 0.15) is 0 Å². The molecule has 44 heavy (non-hydrogen) atoms. The highest BCUT2D eigenvalue weighted by Gasteiger charge is 2.39. The van der Waals surface area contributed by atoms with Crippen molar-refractivity contribution in [2.24, 2.45) is 5.41 Å². The van der Waals surface area contributed by atoms with Gasteiger partial charge in [-0.25, -0.2) is 4.79 Å². The summed E-state index contributed by atoms with van der Waals surface area (Å²) in [5, 5.41) is 6.55. The van der Waals surface area contributed by atoms with Crippen molar-refractivity contribution < 1.29 is 22.8 Å². The lowest BCUT2D eigenvalue weighted by Crippen LogP contribution is -2.48. The van der Waals surface area contributed by atoms with Crippen molar-refractivity contribution in [3.8, 4) is 0 Å². The summed E-state index contributed by atoms with van der Waals surface area (Å²) >= 11 is 6.20. The first kappa shape index (κ1) is 30.3. The summed E-state index contributed by atoms with van der Waals surface area (Å²) in [4.78, 5) is 30.3. The molecule has 3 aliphatic rings. The maximum atomic E-state index is 13.6. The molecule has 1 atom stereocenters. The number of likely N-dealkylation sites (tertiary alicyclic amines) is 1. The minimum absolute atomic E-state index is 0.0126. The van der Waals surface area contributed by atoms with Gasteiger partial charge in [-0.2, -0.15) is 13.2 Å². The Morgan fingerprint density at radius 1 is 0.909 bits per heavy atom. The lowest BCUT2D eigenvalue weighted by molar-refractivity contribution is -0.137. The number of rotatable bonds is 5. The molecular formula is C34H36ClF3N4O2. The SMILES string of the molecule is O=C(NCc1ccccc1Cl)NC1CCc2ccc(C(=O)N3CCC4(CC3)CCN(c3ccc(C(F)(F)F)cc3)CC4)cc21. The third-order valence-electron chi connectivity index (χ3n) is 9.67. The molecule has 6 rings (SSSR count). The number of anilines is 1. The summed E-state index contributed by atoms with van der Waals surface area (Å²) in [7, 11) is 0. The Labute approximate surface area is 260 Å². The number of nitrogens with one attached hydrogen (secondary N) is 2. The van der Waals surface area contributed by atoms with Crippen LogP contribution in [0.25, 0.3) is 0 Å². The van der Waals surface area contributed by atoms with Crippen molar-refractivity contribution in [2.45, 2.75) is 57.3 Å². The average Bonchev–Trinajstić information content (AvgIpc) is 3.42. The lowest BCUT2D eigenvalue weighted by atomic mass is 9.71. The second-order valence-corrected chi connectivity index (χ2v) is 12.7. The number of aryl methyl sites for hydroxylation is 1. The molecule has 3 amide bonds. The molecule has 232 valence electrons. The molecular weight excluding hydrogens is 589 g/mol. The smallest absolute Gasteiger partial charge is 0.371 e. The predicted molar refractivity (Wildman–Crippen MR) is 165 cm³/mol. The first-order valence-corrected chi connectivity index (χ1v) is 15.6. The highest BCUT2D eigenvalue weighted by molar-refractivity contribution is 6.31. The second kappa shape index (κ2) is 12.3. The Kier molecular flexibility index (Phi) is 8.51. The zero-order valence-corrected chi connectivity index (χ0v) is 25.2. The van der Waals surface area contributed by atoms with E-state index in [-0.39, 0.29) is 23.4 Å². The van der Waals surface area contributed by atoms with E-state index in [1.165, 1.54) is 0 Å². The lowest BCUT2D eigenvalue weighted by Gasteiger charge is -2.47. The monoisotopic (exact) mass is 624 g/mol.